The van der Waals surface area contributed by atoms with Crippen LogP contribution in [0.1, 0.15) is 59.7 Å². The first kappa shape index (κ1) is 21.8. The number of hydrogen-bond acceptors (Lipinski definition) is 5. The van der Waals surface area contributed by atoms with Crippen LogP contribution in [-0.2, 0) is 16.1 Å². The number of halogens is 1. The Labute approximate surface area is 179 Å². The molecule has 1 aromatic heterocycles. The molecule has 0 spiro atoms. The predicted octanol–water partition coefficient (Wildman–Crippen LogP) is 5.58. The van der Waals surface area contributed by atoms with Gasteiger partial charge in [0.15, 0.2) is 5.78 Å². The molecule has 0 saturated carbocycles. The first-order valence-electron chi connectivity index (χ1n) is 9.76. The summed E-state index contributed by atoms with van der Waals surface area (Å²) < 4.78 is 10.6. The van der Waals surface area contributed by atoms with E-state index in [4.69, 9.17) is 20.8 Å². The highest BCUT2D eigenvalue weighted by molar-refractivity contribution is 6.30. The van der Waals surface area contributed by atoms with E-state index in [1.165, 1.54) is 6.07 Å². The molecule has 6 heteroatoms. The quantitative estimate of drug-likeness (QED) is 0.280. The number of benzene rings is 2. The van der Waals surface area contributed by atoms with E-state index < -0.39 is 11.6 Å². The molecular formula is C24H23ClO5. The van der Waals surface area contributed by atoms with Crippen molar-refractivity contribution in [3.8, 4) is 0 Å². The van der Waals surface area contributed by atoms with Crippen molar-refractivity contribution >= 4 is 34.3 Å². The predicted molar refractivity (Wildman–Crippen MR) is 116 cm³/mol. The summed E-state index contributed by atoms with van der Waals surface area (Å²) in [6, 6.07) is 11.7. The highest BCUT2D eigenvalue weighted by atomic mass is 35.5. The number of rotatable bonds is 7. The zero-order valence-corrected chi connectivity index (χ0v) is 17.9. The van der Waals surface area contributed by atoms with E-state index in [-0.39, 0.29) is 25.2 Å². The summed E-state index contributed by atoms with van der Waals surface area (Å²) in [6.07, 6.45) is -0.00792. The summed E-state index contributed by atoms with van der Waals surface area (Å²) in [5.74, 6) is -0.364. The molecule has 1 heterocycles. The minimum atomic E-state index is -0.505. The van der Waals surface area contributed by atoms with Gasteiger partial charge in [0.05, 0.1) is 6.42 Å². The number of fused-ring (bicyclic) bond motifs is 1. The second-order valence-electron chi connectivity index (χ2n) is 7.54. The van der Waals surface area contributed by atoms with Gasteiger partial charge in [0, 0.05) is 34.0 Å². The molecule has 30 heavy (non-hydrogen) atoms. The lowest BCUT2D eigenvalue weighted by Gasteiger charge is -2.13. The number of carbonyl (C=O) groups is 2. The average molecular weight is 427 g/mol. The number of Topliss-reactive ketones (excluding diaryl/α,β-unsaturated/α-hetero) is 1. The summed E-state index contributed by atoms with van der Waals surface area (Å²) in [5, 5.41) is 1.29. The van der Waals surface area contributed by atoms with Gasteiger partial charge >= 0.3 is 11.6 Å². The van der Waals surface area contributed by atoms with Crippen molar-refractivity contribution in [2.24, 2.45) is 0 Å². The van der Waals surface area contributed by atoms with Crippen molar-refractivity contribution < 1.29 is 18.7 Å². The van der Waals surface area contributed by atoms with Crippen LogP contribution in [0.5, 0.6) is 0 Å². The largest absolute Gasteiger partial charge is 0.461 e. The fraction of sp³-hybridized carbons (Fsp3) is 0.292. The second-order valence-corrected chi connectivity index (χ2v) is 7.98. The van der Waals surface area contributed by atoms with Gasteiger partial charge in [0.25, 0.3) is 0 Å². The first-order chi connectivity index (χ1) is 14.2. The maximum absolute atomic E-state index is 12.2. The molecule has 0 aliphatic heterocycles. The Morgan fingerprint density at radius 1 is 1.07 bits per heavy atom. The fourth-order valence-electron chi connectivity index (χ4n) is 3.36. The Hall–Kier alpha value is -2.92. The molecule has 3 rings (SSSR count). The van der Waals surface area contributed by atoms with Gasteiger partial charge < -0.3 is 9.15 Å². The highest BCUT2D eigenvalue weighted by Gasteiger charge is 2.14. The van der Waals surface area contributed by atoms with E-state index >= 15 is 0 Å². The topological polar surface area (TPSA) is 73.6 Å². The number of esters is 1. The molecule has 0 amide bonds. The zero-order chi connectivity index (χ0) is 21.8. The van der Waals surface area contributed by atoms with Crippen molar-refractivity contribution in [2.75, 3.05) is 0 Å². The van der Waals surface area contributed by atoms with E-state index in [1.807, 2.05) is 19.1 Å². The second kappa shape index (κ2) is 9.26. The molecule has 0 radical (unpaired) electrons. The Balaban J connectivity index is 1.69. The Morgan fingerprint density at radius 3 is 2.43 bits per heavy atom. The lowest BCUT2D eigenvalue weighted by Crippen LogP contribution is -2.10. The summed E-state index contributed by atoms with van der Waals surface area (Å²) >= 11 is 5.82. The van der Waals surface area contributed by atoms with Gasteiger partial charge in [-0.3, -0.25) is 9.59 Å². The minimum Gasteiger partial charge on any atom is -0.461 e. The Bertz CT molecular complexity index is 1140. The molecule has 3 aromatic rings. The summed E-state index contributed by atoms with van der Waals surface area (Å²) in [5.41, 5.74) is 3.22. The molecule has 0 aliphatic rings. The number of ketones is 1. The molecule has 156 valence electrons. The first-order valence-corrected chi connectivity index (χ1v) is 10.1. The summed E-state index contributed by atoms with van der Waals surface area (Å²) in [7, 11) is 0. The minimum absolute atomic E-state index is 0.0365. The van der Waals surface area contributed by atoms with E-state index in [0.717, 1.165) is 16.5 Å². The SMILES string of the molecule is Cc1cc2oc(=O)cc(COC(=O)CCC(=O)c3ccc(Cl)cc3)c2cc1C(C)C. The zero-order valence-electron chi connectivity index (χ0n) is 17.2. The van der Waals surface area contributed by atoms with Crippen LogP contribution < -0.4 is 5.63 Å². The van der Waals surface area contributed by atoms with Gasteiger partial charge in [-0.05, 0) is 60.4 Å². The lowest BCUT2D eigenvalue weighted by atomic mass is 9.95. The smallest absolute Gasteiger partial charge is 0.336 e. The van der Waals surface area contributed by atoms with Crippen LogP contribution in [0.4, 0.5) is 0 Å². The van der Waals surface area contributed by atoms with E-state index in [9.17, 15) is 14.4 Å². The molecule has 5 nitrogen and oxygen atoms in total. The van der Waals surface area contributed by atoms with E-state index in [0.29, 0.717) is 27.7 Å². The Kier molecular flexibility index (Phi) is 6.73. The van der Waals surface area contributed by atoms with Crippen LogP contribution in [0.25, 0.3) is 11.0 Å². The van der Waals surface area contributed by atoms with Crippen molar-refractivity contribution in [1.29, 1.82) is 0 Å². The third-order valence-corrected chi connectivity index (χ3v) is 5.20. The molecule has 0 atom stereocenters. The molecule has 0 N–H and O–H groups in total. The standard InChI is InChI=1S/C24H23ClO5/c1-14(2)19-12-20-17(11-24(28)30-22(20)10-15(19)3)13-29-23(27)9-8-21(26)16-4-6-18(25)7-5-16/h4-7,10-12,14H,8-9,13H2,1-3H3. The van der Waals surface area contributed by atoms with E-state index in [2.05, 4.69) is 13.8 Å². The molecule has 0 saturated heterocycles. The van der Waals surface area contributed by atoms with Crippen LogP contribution in [0.15, 0.2) is 51.7 Å². The fourth-order valence-corrected chi connectivity index (χ4v) is 3.48. The van der Waals surface area contributed by atoms with Gasteiger partial charge in [-0.1, -0.05) is 25.4 Å². The van der Waals surface area contributed by atoms with Crippen molar-refractivity contribution in [2.45, 2.75) is 46.1 Å². The monoisotopic (exact) mass is 426 g/mol. The van der Waals surface area contributed by atoms with Crippen LogP contribution in [0, 0.1) is 6.92 Å². The normalized spacial score (nSPS) is 11.1. The van der Waals surface area contributed by atoms with Crippen molar-refractivity contribution in [3.05, 3.63) is 80.2 Å². The molecule has 0 aliphatic carbocycles. The molecule has 2 aromatic carbocycles. The number of aryl methyl sites for hydroxylation is 1. The lowest BCUT2D eigenvalue weighted by molar-refractivity contribution is -0.144. The van der Waals surface area contributed by atoms with Crippen LogP contribution >= 0.6 is 11.6 Å². The molecule has 0 bridgehead atoms. The van der Waals surface area contributed by atoms with Crippen LogP contribution in [0.2, 0.25) is 5.02 Å². The molecule has 0 unspecified atom stereocenters. The van der Waals surface area contributed by atoms with Gasteiger partial charge in [-0.15, -0.1) is 0 Å². The molecule has 0 fully saturated rings. The number of hydrogen-bond donors (Lipinski definition) is 0. The number of carbonyl (C=O) groups excluding carboxylic acids is 2. The van der Waals surface area contributed by atoms with Crippen LogP contribution in [0.3, 0.4) is 0 Å². The van der Waals surface area contributed by atoms with Gasteiger partial charge in [-0.2, -0.15) is 0 Å². The van der Waals surface area contributed by atoms with Crippen molar-refractivity contribution in [3.63, 3.8) is 0 Å². The Morgan fingerprint density at radius 2 is 1.77 bits per heavy atom. The summed E-state index contributed by atoms with van der Waals surface area (Å²) in [6.45, 7) is 6.09. The van der Waals surface area contributed by atoms with Gasteiger partial charge in [0.2, 0.25) is 0 Å². The summed E-state index contributed by atoms with van der Waals surface area (Å²) in [4.78, 5) is 36.3. The average Bonchev–Trinajstić information content (AvgIpc) is 2.69. The number of ether oxygens (including phenoxy) is 1. The third-order valence-electron chi connectivity index (χ3n) is 4.95. The maximum Gasteiger partial charge on any atom is 0.336 e. The third kappa shape index (κ3) is 5.16. The van der Waals surface area contributed by atoms with Crippen LogP contribution in [-0.4, -0.2) is 11.8 Å². The van der Waals surface area contributed by atoms with Gasteiger partial charge in [0.1, 0.15) is 12.2 Å². The molecular weight excluding hydrogens is 404 g/mol. The van der Waals surface area contributed by atoms with Gasteiger partial charge in [-0.25, -0.2) is 4.79 Å². The van der Waals surface area contributed by atoms with Crippen molar-refractivity contribution in [1.82, 2.24) is 0 Å². The maximum atomic E-state index is 12.2. The highest BCUT2D eigenvalue weighted by Crippen LogP contribution is 2.27. The van der Waals surface area contributed by atoms with E-state index in [1.54, 1.807) is 24.3 Å².